The van der Waals surface area contributed by atoms with E-state index in [9.17, 15) is 14.7 Å². The molecule has 1 saturated heterocycles. The van der Waals surface area contributed by atoms with Crippen molar-refractivity contribution in [2.24, 2.45) is 5.92 Å². The minimum absolute atomic E-state index is 0.0217. The molecule has 0 aromatic heterocycles. The second kappa shape index (κ2) is 5.06. The van der Waals surface area contributed by atoms with Crippen LogP contribution in [0, 0.1) is 5.92 Å². The molecule has 0 bridgehead atoms. The van der Waals surface area contributed by atoms with E-state index in [1.807, 2.05) is 48.2 Å². The molecule has 0 spiro atoms. The quantitative estimate of drug-likeness (QED) is 0.919. The minimum Gasteiger partial charge on any atom is -0.481 e. The van der Waals surface area contributed by atoms with Gasteiger partial charge in [0, 0.05) is 32.2 Å². The molecule has 2 atom stereocenters. The lowest BCUT2D eigenvalue weighted by atomic mass is 9.93. The van der Waals surface area contributed by atoms with Crippen LogP contribution in [-0.4, -0.2) is 42.0 Å². The highest BCUT2D eigenvalue weighted by Gasteiger charge is 2.49. The number of benzene rings is 1. The van der Waals surface area contributed by atoms with Gasteiger partial charge in [-0.2, -0.15) is 0 Å². The van der Waals surface area contributed by atoms with Crippen LogP contribution in [0.4, 0.5) is 5.69 Å². The van der Waals surface area contributed by atoms with Crippen molar-refractivity contribution in [2.75, 3.05) is 19.0 Å². The van der Waals surface area contributed by atoms with Crippen LogP contribution in [0.5, 0.6) is 0 Å². The summed E-state index contributed by atoms with van der Waals surface area (Å²) in [5.74, 6) is -1.54. The first-order valence-electron chi connectivity index (χ1n) is 7.30. The van der Waals surface area contributed by atoms with Crippen LogP contribution >= 0.6 is 0 Å². The standard InChI is InChI=1S/C16H20N2O3/c1-17(2)11-5-3-10(4-6-11)15-13(16(20)21)9-14(19)18(15)12-7-8-12/h3-6,12-13,15H,7-9H2,1-2H3,(H,20,21). The highest BCUT2D eigenvalue weighted by molar-refractivity contribution is 5.87. The largest absolute Gasteiger partial charge is 0.481 e. The van der Waals surface area contributed by atoms with Crippen molar-refractivity contribution in [2.45, 2.75) is 31.3 Å². The summed E-state index contributed by atoms with van der Waals surface area (Å²) in [7, 11) is 3.93. The Bertz CT molecular complexity index is 563. The maximum Gasteiger partial charge on any atom is 0.309 e. The summed E-state index contributed by atoms with van der Waals surface area (Å²) in [6, 6.07) is 7.76. The van der Waals surface area contributed by atoms with Gasteiger partial charge in [0.15, 0.2) is 0 Å². The number of anilines is 1. The Kier molecular flexibility index (Phi) is 3.35. The number of nitrogens with zero attached hydrogens (tertiary/aromatic N) is 2. The number of hydrogen-bond acceptors (Lipinski definition) is 3. The van der Waals surface area contributed by atoms with Crippen molar-refractivity contribution in [3.8, 4) is 0 Å². The van der Waals surface area contributed by atoms with Crippen molar-refractivity contribution in [1.82, 2.24) is 4.90 Å². The van der Waals surface area contributed by atoms with Crippen LogP contribution in [0.2, 0.25) is 0 Å². The summed E-state index contributed by atoms with van der Waals surface area (Å²) in [5, 5.41) is 9.44. The van der Waals surface area contributed by atoms with Gasteiger partial charge in [-0.05, 0) is 30.5 Å². The normalized spacial score (nSPS) is 25.2. The molecule has 2 fully saturated rings. The number of likely N-dealkylation sites (tertiary alicyclic amines) is 1. The van der Waals surface area contributed by atoms with E-state index in [4.69, 9.17) is 0 Å². The van der Waals surface area contributed by atoms with Crippen LogP contribution in [0.15, 0.2) is 24.3 Å². The smallest absolute Gasteiger partial charge is 0.309 e. The summed E-state index contributed by atoms with van der Waals surface area (Å²) in [4.78, 5) is 27.5. The Morgan fingerprint density at radius 3 is 2.33 bits per heavy atom. The molecule has 5 heteroatoms. The molecule has 112 valence electrons. The Balaban J connectivity index is 1.94. The molecule has 3 rings (SSSR count). The predicted molar refractivity (Wildman–Crippen MR) is 79.1 cm³/mol. The van der Waals surface area contributed by atoms with Crippen LogP contribution in [0.25, 0.3) is 0 Å². The van der Waals surface area contributed by atoms with E-state index in [-0.39, 0.29) is 24.4 Å². The van der Waals surface area contributed by atoms with Gasteiger partial charge in [0.2, 0.25) is 5.91 Å². The van der Waals surface area contributed by atoms with Gasteiger partial charge in [-0.3, -0.25) is 9.59 Å². The van der Waals surface area contributed by atoms with Gasteiger partial charge in [0.1, 0.15) is 0 Å². The molecule has 21 heavy (non-hydrogen) atoms. The fourth-order valence-corrected chi connectivity index (χ4v) is 3.12. The van der Waals surface area contributed by atoms with E-state index >= 15 is 0 Å². The van der Waals surface area contributed by atoms with E-state index in [1.54, 1.807) is 0 Å². The summed E-state index contributed by atoms with van der Waals surface area (Å²) >= 11 is 0. The highest BCUT2D eigenvalue weighted by atomic mass is 16.4. The lowest BCUT2D eigenvalue weighted by Gasteiger charge is -2.27. The number of carboxylic acids is 1. The molecule has 1 aromatic rings. The number of rotatable bonds is 4. The molecular weight excluding hydrogens is 268 g/mol. The monoisotopic (exact) mass is 288 g/mol. The maximum atomic E-state index is 12.2. The van der Waals surface area contributed by atoms with Crippen LogP contribution in [0.3, 0.4) is 0 Å². The molecule has 1 N–H and O–H groups in total. The van der Waals surface area contributed by atoms with Crippen molar-refractivity contribution >= 4 is 17.6 Å². The van der Waals surface area contributed by atoms with E-state index in [0.717, 1.165) is 24.1 Å². The second-order valence-corrected chi connectivity index (χ2v) is 6.11. The van der Waals surface area contributed by atoms with Crippen LogP contribution < -0.4 is 4.90 Å². The molecule has 5 nitrogen and oxygen atoms in total. The van der Waals surface area contributed by atoms with Gasteiger partial charge in [-0.25, -0.2) is 0 Å². The number of carbonyl (C=O) groups is 2. The molecule has 1 amide bonds. The number of carbonyl (C=O) groups excluding carboxylic acids is 1. The lowest BCUT2D eigenvalue weighted by Crippen LogP contribution is -2.32. The zero-order chi connectivity index (χ0) is 15.1. The van der Waals surface area contributed by atoms with Crippen molar-refractivity contribution in [1.29, 1.82) is 0 Å². The Morgan fingerprint density at radius 2 is 1.86 bits per heavy atom. The highest BCUT2D eigenvalue weighted by Crippen LogP contribution is 2.45. The Hall–Kier alpha value is -2.04. The predicted octanol–water partition coefficient (Wildman–Crippen LogP) is 1.89. The van der Waals surface area contributed by atoms with Gasteiger partial charge in [0.25, 0.3) is 0 Å². The van der Waals surface area contributed by atoms with E-state index in [2.05, 4.69) is 0 Å². The summed E-state index contributed by atoms with van der Waals surface area (Å²) in [5.41, 5.74) is 1.98. The van der Waals surface area contributed by atoms with E-state index < -0.39 is 11.9 Å². The van der Waals surface area contributed by atoms with Gasteiger partial charge in [0.05, 0.1) is 12.0 Å². The first-order chi connectivity index (χ1) is 9.99. The van der Waals surface area contributed by atoms with E-state index in [1.165, 1.54) is 0 Å². The fourth-order valence-electron chi connectivity index (χ4n) is 3.12. The minimum atomic E-state index is -0.881. The number of aliphatic carboxylic acids is 1. The molecule has 1 saturated carbocycles. The first-order valence-corrected chi connectivity index (χ1v) is 7.30. The zero-order valence-electron chi connectivity index (χ0n) is 12.3. The summed E-state index contributed by atoms with van der Waals surface area (Å²) in [6.07, 6.45) is 2.10. The Labute approximate surface area is 124 Å². The van der Waals surface area contributed by atoms with Gasteiger partial charge in [-0.15, -0.1) is 0 Å². The molecule has 1 aliphatic carbocycles. The summed E-state index contributed by atoms with van der Waals surface area (Å²) < 4.78 is 0. The molecule has 2 aliphatic rings. The van der Waals surface area contributed by atoms with Gasteiger partial charge < -0.3 is 14.9 Å². The van der Waals surface area contributed by atoms with Crippen molar-refractivity contribution < 1.29 is 14.7 Å². The van der Waals surface area contributed by atoms with Crippen molar-refractivity contribution in [3.63, 3.8) is 0 Å². The topological polar surface area (TPSA) is 60.9 Å². The molecular formula is C16H20N2O3. The first kappa shape index (κ1) is 13.9. The van der Waals surface area contributed by atoms with Crippen LogP contribution in [-0.2, 0) is 9.59 Å². The molecule has 2 unspecified atom stereocenters. The van der Waals surface area contributed by atoms with Crippen molar-refractivity contribution in [3.05, 3.63) is 29.8 Å². The zero-order valence-corrected chi connectivity index (χ0v) is 12.3. The molecule has 1 heterocycles. The average molecular weight is 288 g/mol. The third kappa shape index (κ3) is 2.48. The molecule has 0 radical (unpaired) electrons. The third-order valence-electron chi connectivity index (χ3n) is 4.37. The van der Waals surface area contributed by atoms with Crippen LogP contribution in [0.1, 0.15) is 30.9 Å². The molecule has 1 aliphatic heterocycles. The lowest BCUT2D eigenvalue weighted by molar-refractivity contribution is -0.142. The third-order valence-corrected chi connectivity index (χ3v) is 4.37. The maximum absolute atomic E-state index is 12.2. The number of carboxylic acid groups (broad SMARTS) is 1. The SMILES string of the molecule is CN(C)c1ccc(C2C(C(=O)O)CC(=O)N2C2CC2)cc1. The number of amides is 1. The second-order valence-electron chi connectivity index (χ2n) is 6.11. The Morgan fingerprint density at radius 1 is 1.24 bits per heavy atom. The average Bonchev–Trinajstić information content (AvgIpc) is 3.21. The van der Waals surface area contributed by atoms with E-state index in [0.29, 0.717) is 0 Å². The number of hydrogen-bond donors (Lipinski definition) is 1. The molecule has 1 aromatic carbocycles. The summed E-state index contributed by atoms with van der Waals surface area (Å²) in [6.45, 7) is 0. The van der Waals surface area contributed by atoms with Gasteiger partial charge in [-0.1, -0.05) is 12.1 Å². The van der Waals surface area contributed by atoms with Gasteiger partial charge >= 0.3 is 5.97 Å². The fraction of sp³-hybridized carbons (Fsp3) is 0.500.